The normalized spacial score (nSPS) is 12.7. The Balaban J connectivity index is 0.907. The number of benzene rings is 9. The second-order valence-electron chi connectivity index (χ2n) is 16.1. The lowest BCUT2D eigenvalue weighted by molar-refractivity contribution is 0.794. The van der Waals surface area contributed by atoms with Crippen LogP contribution in [0.1, 0.15) is 22.3 Å². The van der Waals surface area contributed by atoms with E-state index >= 15 is 0 Å². The van der Waals surface area contributed by atoms with E-state index in [1.165, 1.54) is 66.8 Å². The van der Waals surface area contributed by atoms with Crippen LogP contribution in [0.25, 0.3) is 89.5 Å². The van der Waals surface area contributed by atoms with Gasteiger partial charge in [0.15, 0.2) is 5.82 Å². The largest absolute Gasteiger partial charge is 0.228 e. The van der Waals surface area contributed by atoms with Crippen molar-refractivity contribution in [3.8, 4) is 89.5 Å². The van der Waals surface area contributed by atoms with Gasteiger partial charge in [-0.15, -0.1) is 0 Å². The molecule has 0 radical (unpaired) electrons. The van der Waals surface area contributed by atoms with Crippen molar-refractivity contribution in [2.24, 2.45) is 0 Å². The molecule has 10 aromatic rings. The molecule has 284 valence electrons. The molecule has 0 unspecified atom stereocenters. The maximum atomic E-state index is 5.14. The minimum absolute atomic E-state index is 0.359. The average Bonchev–Trinajstić information content (AvgIpc) is 3.82. The molecule has 9 aromatic carbocycles. The number of nitrogens with zero attached hydrogens (tertiary/aromatic N) is 2. The van der Waals surface area contributed by atoms with Gasteiger partial charge in [0.05, 0.1) is 16.8 Å². The lowest BCUT2D eigenvalue weighted by atomic mass is 9.70. The van der Waals surface area contributed by atoms with Crippen LogP contribution >= 0.6 is 0 Å². The van der Waals surface area contributed by atoms with Gasteiger partial charge in [-0.1, -0.05) is 212 Å². The van der Waals surface area contributed by atoms with Crippen LogP contribution in [0.2, 0.25) is 0 Å². The van der Waals surface area contributed by atoms with Crippen molar-refractivity contribution in [1.82, 2.24) is 9.97 Å². The second kappa shape index (κ2) is 14.1. The quantitative estimate of drug-likeness (QED) is 0.168. The number of aromatic nitrogens is 2. The van der Waals surface area contributed by atoms with E-state index in [9.17, 15) is 0 Å². The molecule has 0 N–H and O–H groups in total. The first-order valence-electron chi connectivity index (χ1n) is 21.0. The zero-order valence-electron chi connectivity index (χ0n) is 33.3. The van der Waals surface area contributed by atoms with Crippen molar-refractivity contribution in [3.05, 3.63) is 253 Å². The van der Waals surface area contributed by atoms with Gasteiger partial charge in [0, 0.05) is 16.7 Å². The first kappa shape index (κ1) is 35.0. The van der Waals surface area contributed by atoms with E-state index < -0.39 is 0 Å². The summed E-state index contributed by atoms with van der Waals surface area (Å²) in [5, 5.41) is 0. The van der Waals surface area contributed by atoms with Gasteiger partial charge < -0.3 is 0 Å². The summed E-state index contributed by atoms with van der Waals surface area (Å²) < 4.78 is 0. The van der Waals surface area contributed by atoms with E-state index in [1.54, 1.807) is 0 Å². The van der Waals surface area contributed by atoms with Gasteiger partial charge in [-0.25, -0.2) is 9.97 Å². The van der Waals surface area contributed by atoms with E-state index in [1.807, 2.05) is 24.3 Å². The summed E-state index contributed by atoms with van der Waals surface area (Å²) in [7, 11) is 0. The van der Waals surface area contributed by atoms with E-state index in [-0.39, 0.29) is 5.41 Å². The molecule has 1 aromatic heterocycles. The molecule has 2 nitrogen and oxygen atoms in total. The third kappa shape index (κ3) is 5.64. The number of rotatable bonds is 6. The van der Waals surface area contributed by atoms with Crippen molar-refractivity contribution in [3.63, 3.8) is 0 Å². The number of hydrogen-bond acceptors (Lipinski definition) is 2. The SMILES string of the molecule is c1ccc(-c2ccc(-c3cc(-c4cccc(-c5ccc(-c6ccc7c(c6)C6(c8ccccc8-c8ccccc86)c6ccccc6-7)cc5)c4)nc(-c4ccccc4)n3)cc2)cc1. The summed E-state index contributed by atoms with van der Waals surface area (Å²) in [6, 6.07) is 83.3. The van der Waals surface area contributed by atoms with Crippen LogP contribution in [0.5, 0.6) is 0 Å². The first-order valence-corrected chi connectivity index (χ1v) is 21.0. The fraction of sp³-hybridized carbons (Fsp3) is 0.0169. The summed E-state index contributed by atoms with van der Waals surface area (Å²) in [6.45, 7) is 0. The highest BCUT2D eigenvalue weighted by molar-refractivity contribution is 5.96. The number of hydrogen-bond donors (Lipinski definition) is 0. The van der Waals surface area contributed by atoms with Crippen LogP contribution in [0.15, 0.2) is 231 Å². The molecule has 1 heterocycles. The molecule has 12 rings (SSSR count). The summed E-state index contributed by atoms with van der Waals surface area (Å²) in [6.07, 6.45) is 0. The monoisotopic (exact) mass is 774 g/mol. The summed E-state index contributed by atoms with van der Waals surface area (Å²) in [5.74, 6) is 0.707. The van der Waals surface area contributed by atoms with Crippen LogP contribution < -0.4 is 0 Å². The maximum absolute atomic E-state index is 5.14. The van der Waals surface area contributed by atoms with Gasteiger partial charge >= 0.3 is 0 Å². The molecule has 0 atom stereocenters. The van der Waals surface area contributed by atoms with Crippen LogP contribution in [0, 0.1) is 0 Å². The average molecular weight is 775 g/mol. The van der Waals surface area contributed by atoms with E-state index in [0.717, 1.165) is 39.2 Å². The van der Waals surface area contributed by atoms with Gasteiger partial charge in [-0.3, -0.25) is 0 Å². The molecule has 2 aliphatic carbocycles. The minimum atomic E-state index is -0.359. The predicted molar refractivity (Wildman–Crippen MR) is 251 cm³/mol. The Morgan fingerprint density at radius 1 is 0.230 bits per heavy atom. The van der Waals surface area contributed by atoms with Crippen LogP contribution in [0.4, 0.5) is 0 Å². The molecule has 0 saturated heterocycles. The van der Waals surface area contributed by atoms with Crippen LogP contribution in [-0.4, -0.2) is 9.97 Å². The highest BCUT2D eigenvalue weighted by Crippen LogP contribution is 2.63. The van der Waals surface area contributed by atoms with Gasteiger partial charge in [0.1, 0.15) is 0 Å². The van der Waals surface area contributed by atoms with Gasteiger partial charge in [0.2, 0.25) is 0 Å². The van der Waals surface area contributed by atoms with Crippen molar-refractivity contribution >= 4 is 0 Å². The fourth-order valence-electron chi connectivity index (χ4n) is 9.91. The van der Waals surface area contributed by atoms with Crippen molar-refractivity contribution in [1.29, 1.82) is 0 Å². The Kier molecular flexibility index (Phi) is 8.11. The molecular formula is C59H38N2. The van der Waals surface area contributed by atoms with Gasteiger partial charge in [-0.05, 0) is 96.1 Å². The van der Waals surface area contributed by atoms with Gasteiger partial charge in [0.25, 0.3) is 0 Å². The summed E-state index contributed by atoms with van der Waals surface area (Å²) in [4.78, 5) is 10.2. The smallest absolute Gasteiger partial charge is 0.160 e. The van der Waals surface area contributed by atoms with E-state index in [0.29, 0.717) is 5.82 Å². The molecule has 0 aliphatic heterocycles. The maximum Gasteiger partial charge on any atom is 0.160 e. The molecule has 2 aliphatic rings. The van der Waals surface area contributed by atoms with Crippen LogP contribution in [0.3, 0.4) is 0 Å². The molecule has 0 fully saturated rings. The summed E-state index contributed by atoms with van der Waals surface area (Å²) in [5.41, 5.74) is 22.3. The second-order valence-corrected chi connectivity index (χ2v) is 16.1. The first-order chi connectivity index (χ1) is 30.2. The van der Waals surface area contributed by atoms with E-state index in [4.69, 9.17) is 9.97 Å². The molecule has 0 amide bonds. The highest BCUT2D eigenvalue weighted by Gasteiger charge is 2.51. The Bertz CT molecular complexity index is 3210. The lowest BCUT2D eigenvalue weighted by Crippen LogP contribution is -2.25. The third-order valence-corrected chi connectivity index (χ3v) is 12.8. The predicted octanol–water partition coefficient (Wildman–Crippen LogP) is 14.8. The minimum Gasteiger partial charge on any atom is -0.228 e. The van der Waals surface area contributed by atoms with Gasteiger partial charge in [-0.2, -0.15) is 0 Å². The zero-order chi connectivity index (χ0) is 40.3. The van der Waals surface area contributed by atoms with Crippen molar-refractivity contribution in [2.45, 2.75) is 5.41 Å². The summed E-state index contributed by atoms with van der Waals surface area (Å²) >= 11 is 0. The zero-order valence-corrected chi connectivity index (χ0v) is 33.3. The fourth-order valence-corrected chi connectivity index (χ4v) is 9.91. The Hall–Kier alpha value is -7.94. The molecule has 2 heteroatoms. The molecule has 1 spiro atoms. The third-order valence-electron chi connectivity index (χ3n) is 12.8. The number of fused-ring (bicyclic) bond motifs is 10. The molecule has 0 bridgehead atoms. The topological polar surface area (TPSA) is 25.8 Å². The van der Waals surface area contributed by atoms with Crippen LogP contribution in [-0.2, 0) is 5.41 Å². The Morgan fingerprint density at radius 2 is 0.607 bits per heavy atom. The Morgan fingerprint density at radius 3 is 1.18 bits per heavy atom. The molecule has 0 saturated carbocycles. The molecular weight excluding hydrogens is 737 g/mol. The molecule has 61 heavy (non-hydrogen) atoms. The standard InChI is InChI=1S/C59H38N2/c1-3-14-39(15-4-1)40-30-32-43(33-31-40)56-38-57(61-58(60-56)44-16-5-2-6-17-44)47-19-13-18-45(36-47)41-26-28-42(29-27-41)46-34-35-51-50-22-9-12-25-54(50)59(55(51)37-46)52-23-10-7-20-48(52)49-21-8-11-24-53(49)59/h1-38H. The van der Waals surface area contributed by atoms with Crippen molar-refractivity contribution < 1.29 is 0 Å². The van der Waals surface area contributed by atoms with E-state index in [2.05, 4.69) is 206 Å². The van der Waals surface area contributed by atoms with Crippen molar-refractivity contribution in [2.75, 3.05) is 0 Å². The lowest BCUT2D eigenvalue weighted by Gasteiger charge is -2.30. The Labute approximate surface area is 356 Å². The highest BCUT2D eigenvalue weighted by atomic mass is 14.9.